The van der Waals surface area contributed by atoms with E-state index in [1.54, 1.807) is 48.5 Å². The van der Waals surface area contributed by atoms with Crippen LogP contribution in [0.15, 0.2) is 48.5 Å². The summed E-state index contributed by atoms with van der Waals surface area (Å²) in [4.78, 5) is 11.4. The third-order valence-electron chi connectivity index (χ3n) is 2.51. The van der Waals surface area contributed by atoms with E-state index in [2.05, 4.69) is 5.32 Å². The van der Waals surface area contributed by atoms with E-state index in [1.807, 2.05) is 0 Å². The van der Waals surface area contributed by atoms with Crippen LogP contribution >= 0.6 is 23.2 Å². The molecule has 0 saturated carbocycles. The SMILES string of the molecule is O=C(CCCl)Nc1ccc(Oc2ccc(Cl)cc2)cc1. The normalized spacial score (nSPS) is 10.1. The number of carbonyl (C=O) groups is 1. The van der Waals surface area contributed by atoms with Gasteiger partial charge in [0, 0.05) is 23.0 Å². The number of ether oxygens (including phenoxy) is 1. The van der Waals surface area contributed by atoms with E-state index in [1.165, 1.54) is 0 Å². The fourth-order valence-electron chi connectivity index (χ4n) is 1.55. The first-order chi connectivity index (χ1) is 9.67. The van der Waals surface area contributed by atoms with Gasteiger partial charge in [-0.1, -0.05) is 11.6 Å². The Balaban J connectivity index is 1.97. The fraction of sp³-hybridized carbons (Fsp3) is 0.133. The lowest BCUT2D eigenvalue weighted by atomic mass is 10.3. The molecule has 2 aromatic carbocycles. The van der Waals surface area contributed by atoms with Gasteiger partial charge in [-0.15, -0.1) is 11.6 Å². The maximum atomic E-state index is 11.4. The fourth-order valence-corrected chi connectivity index (χ4v) is 1.85. The van der Waals surface area contributed by atoms with Crippen LogP contribution in [0.4, 0.5) is 5.69 Å². The van der Waals surface area contributed by atoms with Crippen molar-refractivity contribution in [1.82, 2.24) is 0 Å². The van der Waals surface area contributed by atoms with Crippen molar-refractivity contribution in [2.24, 2.45) is 0 Å². The predicted molar refractivity (Wildman–Crippen MR) is 81.9 cm³/mol. The van der Waals surface area contributed by atoms with Gasteiger partial charge in [-0.2, -0.15) is 0 Å². The number of hydrogen-bond acceptors (Lipinski definition) is 2. The first-order valence-electron chi connectivity index (χ1n) is 6.06. The number of alkyl halides is 1. The third-order valence-corrected chi connectivity index (χ3v) is 2.95. The number of nitrogens with one attached hydrogen (secondary N) is 1. The smallest absolute Gasteiger partial charge is 0.225 e. The molecule has 0 atom stereocenters. The number of amides is 1. The Bertz CT molecular complexity index is 567. The van der Waals surface area contributed by atoms with E-state index in [4.69, 9.17) is 27.9 Å². The molecule has 5 heteroatoms. The van der Waals surface area contributed by atoms with E-state index < -0.39 is 0 Å². The molecule has 104 valence electrons. The minimum absolute atomic E-state index is 0.105. The second-order valence-electron chi connectivity index (χ2n) is 4.07. The zero-order valence-electron chi connectivity index (χ0n) is 10.6. The van der Waals surface area contributed by atoms with Gasteiger partial charge in [0.05, 0.1) is 0 Å². The maximum Gasteiger partial charge on any atom is 0.225 e. The summed E-state index contributed by atoms with van der Waals surface area (Å²) in [5.41, 5.74) is 0.712. The highest BCUT2D eigenvalue weighted by Gasteiger charge is 2.02. The van der Waals surface area contributed by atoms with Gasteiger partial charge in [-0.25, -0.2) is 0 Å². The van der Waals surface area contributed by atoms with Crippen LogP contribution in [0.3, 0.4) is 0 Å². The van der Waals surface area contributed by atoms with Crippen LogP contribution in [0.5, 0.6) is 11.5 Å². The van der Waals surface area contributed by atoms with Gasteiger partial charge in [0.1, 0.15) is 11.5 Å². The molecule has 0 aliphatic carbocycles. The Morgan fingerprint density at radius 1 is 1.00 bits per heavy atom. The summed E-state index contributed by atoms with van der Waals surface area (Å²) in [5.74, 6) is 1.59. The number of benzene rings is 2. The van der Waals surface area contributed by atoms with Gasteiger partial charge in [0.25, 0.3) is 0 Å². The van der Waals surface area contributed by atoms with Crippen LogP contribution in [0.1, 0.15) is 6.42 Å². The summed E-state index contributed by atoms with van der Waals surface area (Å²) < 4.78 is 5.65. The van der Waals surface area contributed by atoms with E-state index in [-0.39, 0.29) is 5.91 Å². The van der Waals surface area contributed by atoms with Gasteiger partial charge in [0.15, 0.2) is 0 Å². The van der Waals surface area contributed by atoms with Crippen molar-refractivity contribution in [1.29, 1.82) is 0 Å². The number of rotatable bonds is 5. The van der Waals surface area contributed by atoms with Gasteiger partial charge in [0.2, 0.25) is 5.91 Å². The number of carbonyl (C=O) groups excluding carboxylic acids is 1. The summed E-state index contributed by atoms with van der Waals surface area (Å²) in [6.45, 7) is 0. The van der Waals surface area contributed by atoms with Crippen LogP contribution in [-0.4, -0.2) is 11.8 Å². The average Bonchev–Trinajstić information content (AvgIpc) is 2.44. The van der Waals surface area contributed by atoms with E-state index in [9.17, 15) is 4.79 Å². The van der Waals surface area contributed by atoms with E-state index in [0.717, 1.165) is 0 Å². The molecular weight excluding hydrogens is 297 g/mol. The van der Waals surface area contributed by atoms with E-state index in [0.29, 0.717) is 34.5 Å². The lowest BCUT2D eigenvalue weighted by molar-refractivity contribution is -0.115. The van der Waals surface area contributed by atoms with Crippen molar-refractivity contribution in [2.45, 2.75) is 6.42 Å². The maximum absolute atomic E-state index is 11.4. The highest BCUT2D eigenvalue weighted by atomic mass is 35.5. The molecule has 0 bridgehead atoms. The van der Waals surface area contributed by atoms with Crippen molar-refractivity contribution in [3.63, 3.8) is 0 Å². The molecule has 1 amide bonds. The third kappa shape index (κ3) is 4.44. The topological polar surface area (TPSA) is 38.3 Å². The summed E-state index contributed by atoms with van der Waals surface area (Å²) >= 11 is 11.3. The predicted octanol–water partition coefficient (Wildman–Crippen LogP) is 4.70. The number of anilines is 1. The number of hydrogen-bond donors (Lipinski definition) is 1. The Hall–Kier alpha value is -1.71. The molecule has 2 aromatic rings. The highest BCUT2D eigenvalue weighted by molar-refractivity contribution is 6.30. The lowest BCUT2D eigenvalue weighted by Gasteiger charge is -2.07. The van der Waals surface area contributed by atoms with Gasteiger partial charge < -0.3 is 10.1 Å². The van der Waals surface area contributed by atoms with Crippen molar-refractivity contribution in [3.8, 4) is 11.5 Å². The van der Waals surface area contributed by atoms with E-state index >= 15 is 0 Å². The first kappa shape index (κ1) is 14.7. The van der Waals surface area contributed by atoms with Crippen LogP contribution in [0.25, 0.3) is 0 Å². The molecule has 0 saturated heterocycles. The van der Waals surface area contributed by atoms with Crippen LogP contribution < -0.4 is 10.1 Å². The molecule has 1 N–H and O–H groups in total. The second kappa shape index (κ2) is 7.17. The summed E-state index contributed by atoms with van der Waals surface area (Å²) in [5, 5.41) is 3.41. The Labute approximate surface area is 127 Å². The first-order valence-corrected chi connectivity index (χ1v) is 6.98. The zero-order chi connectivity index (χ0) is 14.4. The van der Waals surface area contributed by atoms with Crippen LogP contribution in [0, 0.1) is 0 Å². The summed E-state index contributed by atoms with van der Waals surface area (Å²) in [7, 11) is 0. The molecule has 20 heavy (non-hydrogen) atoms. The highest BCUT2D eigenvalue weighted by Crippen LogP contribution is 2.24. The van der Waals surface area contributed by atoms with Crippen molar-refractivity contribution < 1.29 is 9.53 Å². The second-order valence-corrected chi connectivity index (χ2v) is 4.88. The monoisotopic (exact) mass is 309 g/mol. The van der Waals surface area contributed by atoms with Gasteiger partial charge in [-0.3, -0.25) is 4.79 Å². The average molecular weight is 310 g/mol. The molecule has 0 spiro atoms. The van der Waals surface area contributed by atoms with Crippen LogP contribution in [-0.2, 0) is 4.79 Å². The van der Waals surface area contributed by atoms with Crippen molar-refractivity contribution in [3.05, 3.63) is 53.6 Å². The van der Waals surface area contributed by atoms with Crippen molar-refractivity contribution in [2.75, 3.05) is 11.2 Å². The molecule has 0 unspecified atom stereocenters. The zero-order valence-corrected chi connectivity index (χ0v) is 12.1. The molecule has 0 aliphatic heterocycles. The molecule has 3 nitrogen and oxygen atoms in total. The molecule has 0 aliphatic rings. The van der Waals surface area contributed by atoms with Gasteiger partial charge in [-0.05, 0) is 48.5 Å². The Morgan fingerprint density at radius 3 is 2.10 bits per heavy atom. The molecule has 0 heterocycles. The largest absolute Gasteiger partial charge is 0.457 e. The summed E-state index contributed by atoms with van der Waals surface area (Å²) in [6.07, 6.45) is 0.296. The quantitative estimate of drug-likeness (QED) is 0.813. The minimum atomic E-state index is -0.105. The van der Waals surface area contributed by atoms with Gasteiger partial charge >= 0.3 is 0 Å². The van der Waals surface area contributed by atoms with Crippen molar-refractivity contribution >= 4 is 34.8 Å². The Morgan fingerprint density at radius 2 is 1.55 bits per heavy atom. The molecular formula is C15H13Cl2NO2. The molecule has 0 fully saturated rings. The Kier molecular flexibility index (Phi) is 5.27. The molecule has 2 rings (SSSR count). The molecule has 0 radical (unpaired) electrons. The summed E-state index contributed by atoms with van der Waals surface area (Å²) in [6, 6.07) is 14.2. The standard InChI is InChI=1S/C15H13Cl2NO2/c16-10-9-15(19)18-12-3-7-14(8-4-12)20-13-5-1-11(17)2-6-13/h1-8H,9-10H2,(H,18,19). The lowest BCUT2D eigenvalue weighted by Crippen LogP contribution is -2.11. The minimum Gasteiger partial charge on any atom is -0.457 e. The number of halogens is 2. The molecule has 0 aromatic heterocycles. The van der Waals surface area contributed by atoms with Crippen LogP contribution in [0.2, 0.25) is 5.02 Å².